The smallest absolute Gasteiger partial charge is 0.310 e. The first-order chi connectivity index (χ1) is 15.5. The van der Waals surface area contributed by atoms with Crippen molar-refractivity contribution in [3.63, 3.8) is 0 Å². The Morgan fingerprint density at radius 1 is 1.15 bits per heavy atom. The number of esters is 3. The van der Waals surface area contributed by atoms with Crippen LogP contribution in [0, 0.1) is 28.6 Å². The maximum absolute atomic E-state index is 13.7. The van der Waals surface area contributed by atoms with Crippen molar-refractivity contribution >= 4 is 29.5 Å². The number of carbonyl (C=O) groups excluding carboxylic acids is 5. The molecule has 1 saturated heterocycles. The van der Waals surface area contributed by atoms with Crippen molar-refractivity contribution in [2.75, 3.05) is 7.11 Å². The van der Waals surface area contributed by atoms with Gasteiger partial charge in [-0.2, -0.15) is 0 Å². The van der Waals surface area contributed by atoms with Crippen LogP contribution in [0.4, 0.5) is 0 Å². The fourth-order valence-corrected chi connectivity index (χ4v) is 6.56. The molecule has 178 valence electrons. The van der Waals surface area contributed by atoms with E-state index >= 15 is 0 Å². The molecule has 1 aromatic rings. The topological polar surface area (TPSA) is 126 Å². The number of furan rings is 1. The Labute approximate surface area is 191 Å². The fourth-order valence-electron chi connectivity index (χ4n) is 6.56. The summed E-state index contributed by atoms with van der Waals surface area (Å²) in [6.45, 7) is 4.87. The van der Waals surface area contributed by atoms with E-state index in [2.05, 4.69) is 0 Å². The summed E-state index contributed by atoms with van der Waals surface area (Å²) >= 11 is 0. The summed E-state index contributed by atoms with van der Waals surface area (Å²) < 4.78 is 20.9. The molecule has 1 aromatic heterocycles. The van der Waals surface area contributed by atoms with Gasteiger partial charge in [-0.25, -0.2) is 0 Å². The third kappa shape index (κ3) is 3.57. The van der Waals surface area contributed by atoms with E-state index in [4.69, 9.17) is 18.6 Å². The molecule has 7 atom stereocenters. The lowest BCUT2D eigenvalue weighted by Crippen LogP contribution is -2.65. The van der Waals surface area contributed by atoms with E-state index in [9.17, 15) is 24.0 Å². The molecular formula is C24H28O9. The molecular weight excluding hydrogens is 432 g/mol. The summed E-state index contributed by atoms with van der Waals surface area (Å²) in [6.07, 6.45) is 1.40. The molecule has 0 N–H and O–H groups in total. The minimum atomic E-state index is -1.12. The van der Waals surface area contributed by atoms with Crippen LogP contribution in [0.2, 0.25) is 0 Å². The summed E-state index contributed by atoms with van der Waals surface area (Å²) in [5.41, 5.74) is -1.53. The third-order valence-electron chi connectivity index (χ3n) is 7.99. The summed E-state index contributed by atoms with van der Waals surface area (Å²) in [7, 11) is 1.28. The lowest BCUT2D eigenvalue weighted by atomic mass is 9.43. The van der Waals surface area contributed by atoms with E-state index in [1.165, 1.54) is 32.6 Å². The van der Waals surface area contributed by atoms with Crippen LogP contribution in [0.1, 0.15) is 56.8 Å². The van der Waals surface area contributed by atoms with Crippen molar-refractivity contribution in [2.24, 2.45) is 28.6 Å². The Balaban J connectivity index is 1.77. The number of ether oxygens (including phenoxy) is 3. The van der Waals surface area contributed by atoms with Crippen LogP contribution in [0.3, 0.4) is 0 Å². The summed E-state index contributed by atoms with van der Waals surface area (Å²) in [5.74, 6) is -4.52. The molecule has 3 aliphatic rings. The molecule has 9 nitrogen and oxygen atoms in total. The first-order valence-electron chi connectivity index (χ1n) is 11.1. The van der Waals surface area contributed by atoms with Crippen molar-refractivity contribution in [3.8, 4) is 0 Å². The first-order valence-corrected chi connectivity index (χ1v) is 11.1. The molecule has 3 fully saturated rings. The van der Waals surface area contributed by atoms with Crippen LogP contribution in [-0.4, -0.2) is 48.8 Å². The molecule has 2 saturated carbocycles. The Bertz CT molecular complexity index is 996. The Morgan fingerprint density at radius 2 is 1.88 bits per heavy atom. The highest BCUT2D eigenvalue weighted by atomic mass is 16.6. The maximum atomic E-state index is 13.7. The summed E-state index contributed by atoms with van der Waals surface area (Å²) in [6, 6.07) is 1.49. The van der Waals surface area contributed by atoms with Gasteiger partial charge in [0.2, 0.25) is 5.78 Å². The lowest BCUT2D eigenvalue weighted by Gasteiger charge is -2.60. The maximum Gasteiger partial charge on any atom is 0.310 e. The second-order valence-electron chi connectivity index (χ2n) is 9.85. The number of Topliss-reactive ketones (excluding diaryl/α,β-unsaturated/α-hetero) is 2. The van der Waals surface area contributed by atoms with E-state index in [0.29, 0.717) is 12.8 Å². The highest BCUT2D eigenvalue weighted by Gasteiger charge is 2.68. The number of carbonyl (C=O) groups is 5. The minimum absolute atomic E-state index is 0.0284. The van der Waals surface area contributed by atoms with Gasteiger partial charge < -0.3 is 18.6 Å². The molecule has 0 amide bonds. The van der Waals surface area contributed by atoms with Gasteiger partial charge in [0.15, 0.2) is 18.0 Å². The highest BCUT2D eigenvalue weighted by Crippen LogP contribution is 2.64. The summed E-state index contributed by atoms with van der Waals surface area (Å²) in [4.78, 5) is 64.3. The second kappa shape index (κ2) is 8.11. The number of ketones is 2. The predicted molar refractivity (Wildman–Crippen MR) is 111 cm³/mol. The number of hydrogen-bond acceptors (Lipinski definition) is 9. The molecule has 0 bridgehead atoms. The predicted octanol–water partition coefficient (Wildman–Crippen LogP) is 2.51. The van der Waals surface area contributed by atoms with Crippen molar-refractivity contribution in [2.45, 2.75) is 58.7 Å². The molecule has 0 aromatic carbocycles. The third-order valence-corrected chi connectivity index (χ3v) is 7.99. The molecule has 1 aliphatic heterocycles. The van der Waals surface area contributed by atoms with Gasteiger partial charge in [0, 0.05) is 19.3 Å². The normalized spacial score (nSPS) is 37.9. The van der Waals surface area contributed by atoms with Crippen molar-refractivity contribution < 1.29 is 42.6 Å². The van der Waals surface area contributed by atoms with Gasteiger partial charge in [-0.05, 0) is 36.2 Å². The van der Waals surface area contributed by atoms with Gasteiger partial charge in [-0.15, -0.1) is 0 Å². The number of rotatable bonds is 4. The molecule has 0 unspecified atom stereocenters. The lowest BCUT2D eigenvalue weighted by molar-refractivity contribution is -0.206. The second-order valence-corrected chi connectivity index (χ2v) is 9.85. The van der Waals surface area contributed by atoms with E-state index in [-0.39, 0.29) is 24.2 Å². The number of methoxy groups -OCH3 is 1. The fraction of sp³-hybridized carbons (Fsp3) is 0.625. The minimum Gasteiger partial charge on any atom is -0.472 e. The van der Waals surface area contributed by atoms with Crippen LogP contribution in [0.25, 0.3) is 0 Å². The highest BCUT2D eigenvalue weighted by molar-refractivity contribution is 6.01. The van der Waals surface area contributed by atoms with Crippen LogP contribution in [0.15, 0.2) is 23.0 Å². The average Bonchev–Trinajstić information content (AvgIpc) is 3.28. The molecule has 0 spiro atoms. The Morgan fingerprint density at radius 3 is 2.48 bits per heavy atom. The quantitative estimate of drug-likeness (QED) is 0.378. The van der Waals surface area contributed by atoms with Crippen LogP contribution in [0.5, 0.6) is 0 Å². The van der Waals surface area contributed by atoms with Gasteiger partial charge in [0.25, 0.3) is 0 Å². The van der Waals surface area contributed by atoms with Crippen molar-refractivity contribution in [3.05, 3.63) is 24.2 Å². The molecule has 2 aliphatic carbocycles. The van der Waals surface area contributed by atoms with E-state index in [1.54, 1.807) is 6.92 Å². The van der Waals surface area contributed by atoms with Crippen LogP contribution < -0.4 is 0 Å². The molecule has 0 radical (unpaired) electrons. The van der Waals surface area contributed by atoms with Gasteiger partial charge in [-0.3, -0.25) is 24.0 Å². The van der Waals surface area contributed by atoms with Gasteiger partial charge in [0.1, 0.15) is 6.26 Å². The number of hydrogen-bond donors (Lipinski definition) is 0. The molecule has 33 heavy (non-hydrogen) atoms. The Hall–Kier alpha value is -2.97. The van der Waals surface area contributed by atoms with E-state index in [0.717, 1.165) is 0 Å². The van der Waals surface area contributed by atoms with Crippen molar-refractivity contribution in [1.29, 1.82) is 0 Å². The standard InChI is InChI=1S/C24H28O9/c1-12(25)32-16-9-15(21(28)30-4)23(2)7-5-14-22(29)33-17(18(26)13-6-8-31-11-13)10-24(14,3)20(23)19(16)27/h6,8,11,14-17,20H,5,7,9-10H2,1-4H3/t14-,15-,16-,17-,20-,23-,24-/m0/s1. The SMILES string of the molecule is COC(=O)[C@@H]1C[C@H](OC(C)=O)C(=O)[C@H]2[C@@]1(C)CC[C@H]1C(=O)O[C@H](C(=O)c3ccoc3)C[C@]21C. The van der Waals surface area contributed by atoms with E-state index < -0.39 is 64.5 Å². The van der Waals surface area contributed by atoms with Crippen LogP contribution >= 0.6 is 0 Å². The van der Waals surface area contributed by atoms with Gasteiger partial charge in [-0.1, -0.05) is 13.8 Å². The van der Waals surface area contributed by atoms with Gasteiger partial charge in [0.05, 0.1) is 30.8 Å². The number of cyclic esters (lactones) is 1. The monoisotopic (exact) mass is 460 g/mol. The largest absolute Gasteiger partial charge is 0.472 e. The Kier molecular flexibility index (Phi) is 5.70. The molecule has 4 rings (SSSR count). The zero-order valence-electron chi connectivity index (χ0n) is 19.1. The molecule has 2 heterocycles. The zero-order chi connectivity index (χ0) is 24.1. The molecule has 9 heteroatoms. The number of fused-ring (bicyclic) bond motifs is 3. The zero-order valence-corrected chi connectivity index (χ0v) is 19.1. The van der Waals surface area contributed by atoms with E-state index in [1.807, 2.05) is 6.92 Å². The van der Waals surface area contributed by atoms with Crippen LogP contribution in [-0.2, 0) is 33.4 Å². The average molecular weight is 460 g/mol. The van der Waals surface area contributed by atoms with Gasteiger partial charge >= 0.3 is 17.9 Å². The van der Waals surface area contributed by atoms with Crippen molar-refractivity contribution in [1.82, 2.24) is 0 Å². The summed E-state index contributed by atoms with van der Waals surface area (Å²) in [5, 5.41) is 0. The first kappa shape index (κ1) is 23.2.